The van der Waals surface area contributed by atoms with Gasteiger partial charge in [0, 0.05) is 18.0 Å². The lowest BCUT2D eigenvalue weighted by Crippen LogP contribution is -2.27. The van der Waals surface area contributed by atoms with E-state index < -0.39 is 24.9 Å². The molecule has 1 aliphatic heterocycles. The lowest BCUT2D eigenvalue weighted by molar-refractivity contribution is -0.142. The number of aliphatic hydroxyl groups excluding tert-OH is 1. The van der Waals surface area contributed by atoms with E-state index in [9.17, 15) is 23.1 Å². The van der Waals surface area contributed by atoms with Crippen molar-refractivity contribution in [3.8, 4) is 22.9 Å². The average molecular weight is 435 g/mol. The number of anilines is 1. The van der Waals surface area contributed by atoms with E-state index in [1.165, 1.54) is 26.5 Å². The van der Waals surface area contributed by atoms with Crippen molar-refractivity contribution in [2.24, 2.45) is 0 Å². The summed E-state index contributed by atoms with van der Waals surface area (Å²) in [5.41, 5.74) is 1.19. The van der Waals surface area contributed by atoms with Crippen molar-refractivity contribution in [3.63, 3.8) is 0 Å². The molecule has 162 valence electrons. The Kier molecular flexibility index (Phi) is 5.01. The molecular formula is C19H16F3N5O4. The molecule has 0 bridgehead atoms. The molecule has 0 saturated heterocycles. The number of alkyl halides is 3. The second-order valence-corrected chi connectivity index (χ2v) is 6.62. The largest absolute Gasteiger partial charge is 0.491 e. The van der Waals surface area contributed by atoms with Gasteiger partial charge < -0.3 is 14.6 Å². The number of halogens is 3. The van der Waals surface area contributed by atoms with Crippen LogP contribution in [0.4, 0.5) is 18.9 Å². The van der Waals surface area contributed by atoms with Gasteiger partial charge in [-0.25, -0.2) is 9.97 Å². The van der Waals surface area contributed by atoms with E-state index in [0.29, 0.717) is 21.7 Å². The number of ether oxygens (including phenoxy) is 2. The average Bonchev–Trinajstić information content (AvgIpc) is 3.27. The van der Waals surface area contributed by atoms with Gasteiger partial charge >= 0.3 is 6.18 Å². The zero-order chi connectivity index (χ0) is 22.3. The molecule has 0 spiro atoms. The predicted molar refractivity (Wildman–Crippen MR) is 101 cm³/mol. The van der Waals surface area contributed by atoms with Crippen LogP contribution in [0.1, 0.15) is 22.3 Å². The molecule has 0 fully saturated rings. The molecule has 1 amide bonds. The van der Waals surface area contributed by atoms with Crippen LogP contribution in [0.5, 0.6) is 11.6 Å². The number of fused-ring (bicyclic) bond motifs is 1. The minimum atomic E-state index is -4.47. The molecule has 0 aliphatic carbocycles. The van der Waals surface area contributed by atoms with Crippen LogP contribution in [0.25, 0.3) is 11.3 Å². The van der Waals surface area contributed by atoms with Crippen LogP contribution in [-0.2, 0) is 6.54 Å². The Morgan fingerprint density at radius 3 is 2.65 bits per heavy atom. The smallest absolute Gasteiger partial charge is 0.408 e. The van der Waals surface area contributed by atoms with Crippen molar-refractivity contribution in [2.75, 3.05) is 19.1 Å². The zero-order valence-corrected chi connectivity index (χ0v) is 16.3. The molecule has 31 heavy (non-hydrogen) atoms. The fraction of sp³-hybridized carbons (Fsp3) is 0.263. The number of amides is 1. The Hall–Kier alpha value is -3.67. The summed E-state index contributed by atoms with van der Waals surface area (Å²) in [6.45, 7) is -1.31. The van der Waals surface area contributed by atoms with Crippen LogP contribution in [-0.4, -0.2) is 51.2 Å². The highest BCUT2D eigenvalue weighted by Crippen LogP contribution is 2.37. The second kappa shape index (κ2) is 7.54. The summed E-state index contributed by atoms with van der Waals surface area (Å²) in [5.74, 6) is 0.0563. The van der Waals surface area contributed by atoms with Crippen LogP contribution in [0.15, 0.2) is 36.8 Å². The topological polar surface area (TPSA) is 103 Å². The van der Waals surface area contributed by atoms with Crippen molar-refractivity contribution in [1.82, 2.24) is 19.7 Å². The molecule has 12 heteroatoms. The fourth-order valence-electron chi connectivity index (χ4n) is 3.25. The lowest BCUT2D eigenvalue weighted by atomic mass is 10.1. The number of hydrogen-bond donors (Lipinski definition) is 1. The number of pyridine rings is 2. The second-order valence-electron chi connectivity index (χ2n) is 6.62. The summed E-state index contributed by atoms with van der Waals surface area (Å²) in [5, 5.41) is 14.3. The van der Waals surface area contributed by atoms with E-state index in [0.717, 1.165) is 17.3 Å². The highest BCUT2D eigenvalue weighted by Gasteiger charge is 2.39. The minimum Gasteiger partial charge on any atom is -0.491 e. The monoisotopic (exact) mass is 435 g/mol. The predicted octanol–water partition coefficient (Wildman–Crippen LogP) is 2.57. The van der Waals surface area contributed by atoms with Gasteiger partial charge in [-0.3, -0.25) is 14.4 Å². The third-order valence-electron chi connectivity index (χ3n) is 4.63. The normalized spacial score (nSPS) is 15.9. The first kappa shape index (κ1) is 20.6. The molecule has 3 aromatic heterocycles. The molecular weight excluding hydrogens is 419 g/mol. The molecule has 0 aromatic carbocycles. The van der Waals surface area contributed by atoms with Crippen molar-refractivity contribution >= 4 is 11.6 Å². The van der Waals surface area contributed by atoms with Gasteiger partial charge in [-0.05, 0) is 18.2 Å². The van der Waals surface area contributed by atoms with Crippen molar-refractivity contribution < 1.29 is 32.5 Å². The molecule has 3 aromatic rings. The highest BCUT2D eigenvalue weighted by atomic mass is 19.4. The molecule has 4 heterocycles. The first-order valence-electron chi connectivity index (χ1n) is 8.92. The Morgan fingerprint density at radius 2 is 1.97 bits per heavy atom. The molecule has 4 rings (SSSR count). The van der Waals surface area contributed by atoms with E-state index in [-0.39, 0.29) is 22.8 Å². The number of hydrogen-bond acceptors (Lipinski definition) is 7. The molecule has 1 N–H and O–H groups in total. The Bertz CT molecular complexity index is 1150. The van der Waals surface area contributed by atoms with E-state index in [1.807, 2.05) is 0 Å². The first-order chi connectivity index (χ1) is 14.7. The quantitative estimate of drug-likeness (QED) is 0.657. The SMILES string of the molecule is COc1cc(-c2ccc3c(n2)[C@H](O)N(c2cnn(CC(F)(F)F)c2)C3=O)cnc1OC. The number of aliphatic hydroxyl groups is 1. The molecule has 0 saturated carbocycles. The summed E-state index contributed by atoms with van der Waals surface area (Å²) >= 11 is 0. The third-order valence-corrected chi connectivity index (χ3v) is 4.63. The molecule has 9 nitrogen and oxygen atoms in total. The van der Waals surface area contributed by atoms with E-state index in [2.05, 4.69) is 15.1 Å². The van der Waals surface area contributed by atoms with Gasteiger partial charge in [0.15, 0.2) is 12.0 Å². The number of carbonyl (C=O) groups excluding carboxylic acids is 1. The highest BCUT2D eigenvalue weighted by molar-refractivity contribution is 6.10. The van der Waals surface area contributed by atoms with Crippen LogP contribution >= 0.6 is 0 Å². The fourth-order valence-corrected chi connectivity index (χ4v) is 3.25. The summed E-state index contributed by atoms with van der Waals surface area (Å²) in [6.07, 6.45) is -2.33. The van der Waals surface area contributed by atoms with Crippen LogP contribution in [0.2, 0.25) is 0 Å². The van der Waals surface area contributed by atoms with Gasteiger partial charge in [0.1, 0.15) is 12.2 Å². The van der Waals surface area contributed by atoms with Gasteiger partial charge in [-0.2, -0.15) is 18.3 Å². The standard InChI is InChI=1S/C19H16F3N5O4/c1-30-14-5-10(6-23-16(14)31-2)13-4-3-12-15(25-13)18(29)27(17(12)28)11-7-24-26(8-11)9-19(20,21)22/h3-8,18,29H,9H2,1-2H3/t18-/m0/s1. The summed E-state index contributed by atoms with van der Waals surface area (Å²) in [4.78, 5) is 22.2. The molecule has 1 aliphatic rings. The van der Waals surface area contributed by atoms with Gasteiger partial charge in [0.2, 0.25) is 0 Å². The number of aromatic nitrogens is 4. The summed E-state index contributed by atoms with van der Waals surface area (Å²) in [6, 6.07) is 4.70. The van der Waals surface area contributed by atoms with Crippen molar-refractivity contribution in [2.45, 2.75) is 18.9 Å². The van der Waals surface area contributed by atoms with Gasteiger partial charge in [-0.1, -0.05) is 0 Å². The van der Waals surface area contributed by atoms with Gasteiger partial charge in [0.05, 0.1) is 37.4 Å². The maximum absolute atomic E-state index is 12.8. The zero-order valence-electron chi connectivity index (χ0n) is 16.3. The molecule has 0 radical (unpaired) electrons. The minimum absolute atomic E-state index is 0.0223. The number of rotatable bonds is 5. The first-order valence-corrected chi connectivity index (χ1v) is 8.92. The number of carbonyl (C=O) groups is 1. The Morgan fingerprint density at radius 1 is 1.19 bits per heavy atom. The molecule has 1 atom stereocenters. The number of methoxy groups -OCH3 is 2. The van der Waals surface area contributed by atoms with Crippen LogP contribution in [0.3, 0.4) is 0 Å². The van der Waals surface area contributed by atoms with Crippen molar-refractivity contribution in [1.29, 1.82) is 0 Å². The maximum Gasteiger partial charge on any atom is 0.408 e. The molecule has 0 unspecified atom stereocenters. The van der Waals surface area contributed by atoms with Gasteiger partial charge in [-0.15, -0.1) is 0 Å². The lowest BCUT2D eigenvalue weighted by Gasteiger charge is -2.18. The Balaban J connectivity index is 1.66. The summed E-state index contributed by atoms with van der Waals surface area (Å²) in [7, 11) is 2.91. The Labute approximate surface area is 173 Å². The summed E-state index contributed by atoms with van der Waals surface area (Å²) < 4.78 is 48.7. The number of nitrogens with zero attached hydrogens (tertiary/aromatic N) is 5. The maximum atomic E-state index is 12.8. The van der Waals surface area contributed by atoms with E-state index >= 15 is 0 Å². The van der Waals surface area contributed by atoms with E-state index in [1.54, 1.807) is 12.1 Å². The van der Waals surface area contributed by atoms with Gasteiger partial charge in [0.25, 0.3) is 11.8 Å². The van der Waals surface area contributed by atoms with E-state index in [4.69, 9.17) is 9.47 Å². The van der Waals surface area contributed by atoms with Crippen molar-refractivity contribution in [3.05, 3.63) is 48.0 Å². The van der Waals surface area contributed by atoms with Crippen LogP contribution < -0.4 is 14.4 Å². The third kappa shape index (κ3) is 3.77. The van der Waals surface area contributed by atoms with Crippen LogP contribution in [0, 0.1) is 0 Å².